The zero-order valence-corrected chi connectivity index (χ0v) is 7.82. The molecular formula is C4H9BIP+. The van der Waals surface area contributed by atoms with Crippen molar-refractivity contribution in [2.24, 2.45) is 0 Å². The number of halogens is 1. The number of hydrogen-bond donors (Lipinski definition) is 0. The Morgan fingerprint density at radius 3 is 2.43 bits per heavy atom. The van der Waals surface area contributed by atoms with Gasteiger partial charge in [0.15, 0.2) is 0 Å². The fourth-order valence-corrected chi connectivity index (χ4v) is 1.39. The molecule has 7 heavy (non-hydrogen) atoms. The molecule has 0 aliphatic heterocycles. The van der Waals surface area contributed by atoms with Crippen LogP contribution < -0.4 is 0 Å². The molecule has 0 fully saturated rings. The van der Waals surface area contributed by atoms with Gasteiger partial charge in [-0.3, -0.25) is 0 Å². The van der Waals surface area contributed by atoms with Crippen LogP contribution in [0.15, 0.2) is 0 Å². The largest absolute Gasteiger partial charge is 0.234 e. The minimum atomic E-state index is 1.02. The molecule has 0 nitrogen and oxygen atoms in total. The average molecular weight is 226 g/mol. The Labute approximate surface area is 61.7 Å². The highest BCUT2D eigenvalue weighted by atomic mass is 127. The van der Waals surface area contributed by atoms with E-state index >= 15 is 0 Å². The van der Waals surface area contributed by atoms with Crippen LogP contribution in [0.25, 0.3) is 0 Å². The standard InChI is InChI=1S/C4H9BIP/c1-4(2)3-7-5-6/h7H,3H2,1-2H3/q+1. The normalized spacial score (nSPS) is 10.1. The summed E-state index contributed by atoms with van der Waals surface area (Å²) in [6.07, 6.45) is 1.28. The molecule has 0 rings (SSSR count). The quantitative estimate of drug-likeness (QED) is 0.299. The summed E-state index contributed by atoms with van der Waals surface area (Å²) in [5, 5.41) is 0. The Bertz CT molecular complexity index is 40.7. The van der Waals surface area contributed by atoms with Gasteiger partial charge < -0.3 is 0 Å². The SMILES string of the molecule is C[C+](C)CP[B]I. The average Bonchev–Trinajstić information content (AvgIpc) is 1.61. The summed E-state index contributed by atoms with van der Waals surface area (Å²) in [5.74, 6) is 1.53. The highest BCUT2D eigenvalue weighted by Crippen LogP contribution is 2.15. The molecule has 0 aliphatic rings. The van der Waals surface area contributed by atoms with Crippen LogP contribution in [0.3, 0.4) is 0 Å². The zero-order valence-electron chi connectivity index (χ0n) is 4.66. The van der Waals surface area contributed by atoms with Crippen LogP contribution >= 0.6 is 30.8 Å². The van der Waals surface area contributed by atoms with Gasteiger partial charge in [0.05, 0.1) is 25.9 Å². The first-order chi connectivity index (χ1) is 3.27. The molecule has 0 saturated carbocycles. The second kappa shape index (κ2) is 5.24. The fraction of sp³-hybridized carbons (Fsp3) is 0.750. The Hall–Kier alpha value is 1.09. The summed E-state index contributed by atoms with van der Waals surface area (Å²) in [7, 11) is 1.02. The molecule has 0 aliphatic carbocycles. The molecule has 0 aromatic carbocycles. The lowest BCUT2D eigenvalue weighted by molar-refractivity contribution is 1.12. The Balaban J connectivity index is 2.68. The van der Waals surface area contributed by atoms with Crippen molar-refractivity contribution in [2.45, 2.75) is 13.8 Å². The summed E-state index contributed by atoms with van der Waals surface area (Å²) in [4.78, 5) is 2.20. The Morgan fingerprint density at radius 1 is 1.71 bits per heavy atom. The molecule has 0 amide bonds. The summed E-state index contributed by atoms with van der Waals surface area (Å²) < 4.78 is 0. The summed E-state index contributed by atoms with van der Waals surface area (Å²) in [6.45, 7) is 4.35. The molecule has 1 atom stereocenters. The van der Waals surface area contributed by atoms with Gasteiger partial charge in [-0.1, -0.05) is 0 Å². The molecule has 1 unspecified atom stereocenters. The first kappa shape index (κ1) is 8.09. The van der Waals surface area contributed by atoms with E-state index in [0.29, 0.717) is 0 Å². The van der Waals surface area contributed by atoms with Crippen LogP contribution in [0.4, 0.5) is 0 Å². The van der Waals surface area contributed by atoms with E-state index < -0.39 is 0 Å². The molecule has 0 bridgehead atoms. The maximum Gasteiger partial charge on any atom is 0.234 e. The lowest BCUT2D eigenvalue weighted by Gasteiger charge is -1.87. The molecular weight excluding hydrogens is 217 g/mol. The smallest absolute Gasteiger partial charge is 0.151 e. The van der Waals surface area contributed by atoms with Crippen molar-refractivity contribution >= 4 is 35.7 Å². The van der Waals surface area contributed by atoms with Crippen LogP contribution in [0, 0.1) is 5.92 Å². The van der Waals surface area contributed by atoms with Crippen LogP contribution in [0.1, 0.15) is 13.8 Å². The predicted octanol–water partition coefficient (Wildman–Crippen LogP) is 2.25. The van der Waals surface area contributed by atoms with E-state index in [-0.39, 0.29) is 0 Å². The van der Waals surface area contributed by atoms with Gasteiger partial charge in [-0.25, -0.2) is 0 Å². The summed E-state index contributed by atoms with van der Waals surface area (Å²) >= 11 is 2.29. The van der Waals surface area contributed by atoms with E-state index in [1.165, 1.54) is 12.1 Å². The van der Waals surface area contributed by atoms with Gasteiger partial charge in [0, 0.05) is 0 Å². The second-order valence-electron chi connectivity index (χ2n) is 1.70. The van der Waals surface area contributed by atoms with Crippen molar-refractivity contribution in [2.75, 3.05) is 6.16 Å². The van der Waals surface area contributed by atoms with E-state index in [2.05, 4.69) is 41.1 Å². The third kappa shape index (κ3) is 7.09. The topological polar surface area (TPSA) is 0 Å². The minimum Gasteiger partial charge on any atom is -0.151 e. The van der Waals surface area contributed by atoms with Crippen molar-refractivity contribution in [3.8, 4) is 0 Å². The molecule has 39 valence electrons. The third-order valence-corrected chi connectivity index (χ3v) is 2.92. The van der Waals surface area contributed by atoms with Gasteiger partial charge in [-0.05, 0) is 0 Å². The highest BCUT2D eigenvalue weighted by molar-refractivity contribution is 14.1. The Kier molecular flexibility index (Phi) is 6.05. The van der Waals surface area contributed by atoms with Gasteiger partial charge in [-0.2, -0.15) is 22.4 Å². The second-order valence-corrected chi connectivity index (χ2v) is 4.55. The van der Waals surface area contributed by atoms with E-state index in [9.17, 15) is 0 Å². The van der Waals surface area contributed by atoms with Crippen molar-refractivity contribution in [1.29, 1.82) is 0 Å². The number of hydrogen-bond acceptors (Lipinski definition) is 0. The van der Waals surface area contributed by atoms with Crippen LogP contribution in [-0.2, 0) is 0 Å². The van der Waals surface area contributed by atoms with E-state index in [0.717, 1.165) is 8.46 Å². The van der Waals surface area contributed by atoms with Crippen LogP contribution in [-0.4, -0.2) is 11.0 Å². The lowest BCUT2D eigenvalue weighted by Crippen LogP contribution is -1.84. The van der Waals surface area contributed by atoms with Crippen molar-refractivity contribution in [1.82, 2.24) is 0 Å². The lowest BCUT2D eigenvalue weighted by atomic mass is 10.3. The van der Waals surface area contributed by atoms with Crippen LogP contribution in [0.2, 0.25) is 0 Å². The maximum atomic E-state index is 2.29. The monoisotopic (exact) mass is 226 g/mol. The van der Waals surface area contributed by atoms with Gasteiger partial charge in [0.25, 0.3) is 0 Å². The van der Waals surface area contributed by atoms with Gasteiger partial charge >= 0.3 is 0 Å². The van der Waals surface area contributed by atoms with Crippen LogP contribution in [0.5, 0.6) is 0 Å². The highest BCUT2D eigenvalue weighted by Gasteiger charge is 2.00. The molecule has 0 spiro atoms. The van der Waals surface area contributed by atoms with Gasteiger partial charge in [-0.15, -0.1) is 8.46 Å². The predicted molar refractivity (Wildman–Crippen MR) is 47.5 cm³/mol. The molecule has 1 radical (unpaired) electrons. The minimum absolute atomic E-state index is 1.02. The fourth-order valence-electron chi connectivity index (χ4n) is 0.243. The zero-order chi connectivity index (χ0) is 5.70. The summed E-state index contributed by atoms with van der Waals surface area (Å²) in [6, 6.07) is 0. The van der Waals surface area contributed by atoms with E-state index in [1.807, 2.05) is 0 Å². The Morgan fingerprint density at radius 2 is 2.29 bits per heavy atom. The first-order valence-electron chi connectivity index (χ1n) is 2.21. The van der Waals surface area contributed by atoms with Crippen molar-refractivity contribution < 1.29 is 0 Å². The molecule has 0 heterocycles. The maximum absolute atomic E-state index is 2.29. The molecule has 0 aromatic heterocycles. The van der Waals surface area contributed by atoms with Crippen molar-refractivity contribution in [3.63, 3.8) is 0 Å². The van der Waals surface area contributed by atoms with Gasteiger partial charge in [0.2, 0.25) is 4.86 Å². The van der Waals surface area contributed by atoms with E-state index in [1.54, 1.807) is 0 Å². The molecule has 3 heteroatoms. The van der Waals surface area contributed by atoms with Gasteiger partial charge in [0.1, 0.15) is 0 Å². The molecule has 0 saturated heterocycles. The third-order valence-electron chi connectivity index (χ3n) is 0.533. The van der Waals surface area contributed by atoms with Crippen molar-refractivity contribution in [3.05, 3.63) is 5.92 Å². The summed E-state index contributed by atoms with van der Waals surface area (Å²) in [5.41, 5.74) is 0. The van der Waals surface area contributed by atoms with E-state index in [4.69, 9.17) is 0 Å². The first-order valence-corrected chi connectivity index (χ1v) is 4.74. The molecule has 0 N–H and O–H groups in total. The number of rotatable bonds is 3. The molecule has 0 aromatic rings.